The van der Waals surface area contributed by atoms with Gasteiger partial charge < -0.3 is 24.8 Å². The fraction of sp³-hybridized carbons (Fsp3) is 0.619. The first kappa shape index (κ1) is 26.8. The maximum Gasteiger partial charge on any atom is -1.00 e. The zero-order valence-corrected chi connectivity index (χ0v) is 22.4. The molecule has 0 aromatic carbocycles. The first-order valence-corrected chi connectivity index (χ1v) is 16.2. The summed E-state index contributed by atoms with van der Waals surface area (Å²) in [6.07, 6.45) is 14.6. The quantitative estimate of drug-likeness (QED) is 0.544. The molecule has 0 bridgehead atoms. The third kappa shape index (κ3) is 5.91. The van der Waals surface area contributed by atoms with Gasteiger partial charge in [-0.25, -0.2) is 0 Å². The molecule has 0 nitrogen and oxygen atoms in total. The molecule has 0 aromatic rings. The van der Waals surface area contributed by atoms with Crippen molar-refractivity contribution in [2.75, 3.05) is 0 Å². The molecule has 5 heteroatoms. The van der Waals surface area contributed by atoms with E-state index >= 15 is 0 Å². The second-order valence-corrected chi connectivity index (χ2v) is 23.6. The van der Waals surface area contributed by atoms with Crippen molar-refractivity contribution in [3.8, 4) is 0 Å². The van der Waals surface area contributed by atoms with Gasteiger partial charge in [0.2, 0.25) is 0 Å². The van der Waals surface area contributed by atoms with Crippen molar-refractivity contribution >= 4 is 17.7 Å². The van der Waals surface area contributed by atoms with E-state index in [2.05, 4.69) is 96.8 Å². The summed E-state index contributed by atoms with van der Waals surface area (Å²) in [6.45, 7) is 19.7. The predicted octanol–water partition coefficient (Wildman–Crippen LogP) is 0.868. The van der Waals surface area contributed by atoms with E-state index in [4.69, 9.17) is 0 Å². The van der Waals surface area contributed by atoms with Crippen LogP contribution in [-0.4, -0.2) is 15.6 Å². The number of rotatable bonds is 5. The number of halogens is 2. The summed E-state index contributed by atoms with van der Waals surface area (Å²) < 4.78 is 2.14. The largest absolute Gasteiger partial charge is 1.00 e. The average molecular weight is 465 g/mol. The van der Waals surface area contributed by atoms with Crippen molar-refractivity contribution in [3.05, 3.63) is 45.4 Å². The number of hydrogen-bond donors (Lipinski definition) is 0. The summed E-state index contributed by atoms with van der Waals surface area (Å²) in [5.41, 5.74) is 3.43. The molecule has 2 rings (SSSR count). The Bertz CT molecular complexity index is 612. The van der Waals surface area contributed by atoms with Crippen LogP contribution in [0.4, 0.5) is 0 Å². The Morgan fingerprint density at radius 3 is 2.27 bits per heavy atom. The minimum absolute atomic E-state index is 0. The van der Waals surface area contributed by atoms with E-state index < -0.39 is 5.94 Å². The van der Waals surface area contributed by atoms with Crippen molar-refractivity contribution < 1.29 is 43.2 Å². The van der Waals surface area contributed by atoms with Crippen molar-refractivity contribution in [2.45, 2.75) is 77.1 Å². The molecule has 2 aliphatic carbocycles. The third-order valence-electron chi connectivity index (χ3n) is 5.02. The van der Waals surface area contributed by atoms with Crippen LogP contribution >= 0.6 is 11.8 Å². The van der Waals surface area contributed by atoms with Crippen LogP contribution in [0.25, 0.3) is 0 Å². The van der Waals surface area contributed by atoms with E-state index in [1.54, 1.807) is 9.45 Å². The molecule has 0 radical (unpaired) electrons. The van der Waals surface area contributed by atoms with E-state index in [0.29, 0.717) is 9.62 Å². The van der Waals surface area contributed by atoms with Gasteiger partial charge in [0, 0.05) is 0 Å². The van der Waals surface area contributed by atoms with Gasteiger partial charge in [-0.05, 0) is 0 Å². The predicted molar refractivity (Wildman–Crippen MR) is 111 cm³/mol. The van der Waals surface area contributed by atoms with Crippen LogP contribution in [0.15, 0.2) is 45.4 Å². The molecule has 1 unspecified atom stereocenters. The summed E-state index contributed by atoms with van der Waals surface area (Å²) in [6, 6.07) is 0. The van der Waals surface area contributed by atoms with E-state index in [1.165, 1.54) is 18.4 Å². The van der Waals surface area contributed by atoms with Crippen LogP contribution in [-0.2, 0) is 18.4 Å². The zero-order chi connectivity index (χ0) is 18.2. The fourth-order valence-electron chi connectivity index (χ4n) is 3.94. The Morgan fingerprint density at radius 2 is 1.81 bits per heavy atom. The van der Waals surface area contributed by atoms with Crippen LogP contribution in [0.5, 0.6) is 0 Å². The number of allylic oxidation sites excluding steroid dienone is 7. The molecule has 0 saturated heterocycles. The van der Waals surface area contributed by atoms with Gasteiger partial charge in [0.25, 0.3) is 0 Å². The van der Waals surface area contributed by atoms with Gasteiger partial charge in [-0.15, -0.1) is 0 Å². The van der Waals surface area contributed by atoms with Gasteiger partial charge in [-0.1, -0.05) is 0 Å². The molecule has 0 aliphatic heterocycles. The summed E-state index contributed by atoms with van der Waals surface area (Å²) >= 11 is 2.24. The minimum Gasteiger partial charge on any atom is -1.00 e. The zero-order valence-electron chi connectivity index (χ0n) is 17.5. The monoisotopic (exact) mass is 464 g/mol. The fourth-order valence-corrected chi connectivity index (χ4v) is 18.7. The molecule has 0 spiro atoms. The maximum absolute atomic E-state index is 2.69. The smallest absolute Gasteiger partial charge is 1.00 e. The van der Waals surface area contributed by atoms with Crippen LogP contribution in [0.2, 0.25) is 13.1 Å². The van der Waals surface area contributed by atoms with Crippen LogP contribution < -0.4 is 24.8 Å². The van der Waals surface area contributed by atoms with E-state index in [0.717, 1.165) is 0 Å². The summed E-state index contributed by atoms with van der Waals surface area (Å²) in [5.74, 6) is -1.42. The molecule has 26 heavy (non-hydrogen) atoms. The SMILES string of the molecule is CC1=CCC(SC(C)C)([Si](C)(C)[Ti+2][C]2=CC=CC2)C(C(C)(C)C)=C1.[Cl-].[Cl-]. The Hall–Kier alpha value is 0.821. The third-order valence-corrected chi connectivity index (χ3v) is 19.5. The topological polar surface area (TPSA) is 0 Å². The van der Waals surface area contributed by atoms with E-state index in [9.17, 15) is 0 Å². The average Bonchev–Trinajstić information content (AvgIpc) is 2.91. The van der Waals surface area contributed by atoms with Crippen LogP contribution in [0, 0.1) is 5.41 Å². The number of thioether (sulfide) groups is 1. The normalized spacial score (nSPS) is 22.7. The van der Waals surface area contributed by atoms with Gasteiger partial charge in [0.1, 0.15) is 0 Å². The van der Waals surface area contributed by atoms with E-state index in [-0.39, 0.29) is 48.6 Å². The molecule has 2 aliphatic rings. The number of hydrogen-bond acceptors (Lipinski definition) is 1. The molecule has 146 valence electrons. The van der Waals surface area contributed by atoms with Gasteiger partial charge in [0.05, 0.1) is 0 Å². The second kappa shape index (κ2) is 10.0. The summed E-state index contributed by atoms with van der Waals surface area (Å²) in [5, 5.41) is 0.677. The van der Waals surface area contributed by atoms with Crippen molar-refractivity contribution in [1.82, 2.24) is 0 Å². The van der Waals surface area contributed by atoms with Crippen LogP contribution in [0.3, 0.4) is 0 Å². The summed E-state index contributed by atoms with van der Waals surface area (Å²) in [7, 11) is 0. The van der Waals surface area contributed by atoms with Crippen molar-refractivity contribution in [3.63, 3.8) is 0 Å². The Kier molecular flexibility index (Phi) is 10.3. The second-order valence-electron chi connectivity index (χ2n) is 9.03. The van der Waals surface area contributed by atoms with Crippen LogP contribution in [0.1, 0.15) is 54.4 Å². The first-order valence-electron chi connectivity index (χ1n) is 9.19. The maximum atomic E-state index is 2.69. The molecule has 1 atom stereocenters. The Morgan fingerprint density at radius 1 is 1.19 bits per heavy atom. The molecular weight excluding hydrogens is 431 g/mol. The molecule has 0 N–H and O–H groups in total. The van der Waals surface area contributed by atoms with Crippen molar-refractivity contribution in [2.24, 2.45) is 5.41 Å². The molecule has 0 heterocycles. The molecule has 0 aromatic heterocycles. The first-order chi connectivity index (χ1) is 11.0. The van der Waals surface area contributed by atoms with Gasteiger partial charge in [0.15, 0.2) is 0 Å². The van der Waals surface area contributed by atoms with E-state index in [1.807, 2.05) is 0 Å². The van der Waals surface area contributed by atoms with Crippen molar-refractivity contribution in [1.29, 1.82) is 0 Å². The Labute approximate surface area is 187 Å². The van der Waals surface area contributed by atoms with Gasteiger partial charge >= 0.3 is 164 Å². The molecular formula is C21H34Cl2SSiTi. The van der Waals surface area contributed by atoms with Gasteiger partial charge in [-0.3, -0.25) is 0 Å². The standard InChI is InChI=1S/C16H29SSi.C5H5.2ClH.Ti/c1-12(2)17-16(18(7)8)10-9-13(3)11-14(16)15(4,5)6;1-2-4-5-3-1;;;/h9,11-12H,10H2,1-8H3;1-3H,4H2;2*1H;/q;;;;+2/p-2. The minimum atomic E-state index is -1.42. The molecule has 0 amide bonds. The van der Waals surface area contributed by atoms with Gasteiger partial charge in [-0.2, -0.15) is 0 Å². The molecule has 0 saturated carbocycles. The molecule has 0 fully saturated rings. The Balaban J connectivity index is 0.00000312. The summed E-state index contributed by atoms with van der Waals surface area (Å²) in [4.78, 5) is 0.